The first kappa shape index (κ1) is 22.6. The molecule has 0 saturated heterocycles. The maximum Gasteiger partial charge on any atom is 0.321 e. The first-order valence-corrected chi connectivity index (χ1v) is 10.4. The molecule has 4 rings (SSSR count). The Labute approximate surface area is 197 Å². The molecule has 1 N–H and O–H groups in total. The summed E-state index contributed by atoms with van der Waals surface area (Å²) in [4.78, 5) is 21.2. The maximum atomic E-state index is 12.7. The van der Waals surface area contributed by atoms with Gasteiger partial charge in [-0.1, -0.05) is 18.2 Å². The van der Waals surface area contributed by atoms with Crippen molar-refractivity contribution in [2.24, 2.45) is 0 Å². The Balaban J connectivity index is 1.43. The minimum absolute atomic E-state index is 0.224. The molecular weight excluding hydrogens is 434 g/mol. The van der Waals surface area contributed by atoms with Crippen LogP contribution in [0.15, 0.2) is 79.1 Å². The molecule has 0 unspecified atom stereocenters. The molecule has 0 fully saturated rings. The predicted octanol–water partition coefficient (Wildman–Crippen LogP) is 5.21. The van der Waals surface area contributed by atoms with Crippen molar-refractivity contribution in [3.63, 3.8) is 0 Å². The van der Waals surface area contributed by atoms with Crippen LogP contribution in [0.5, 0.6) is 29.0 Å². The lowest BCUT2D eigenvalue weighted by Crippen LogP contribution is -2.12. The number of hydrogen-bond acceptors (Lipinski definition) is 7. The molecule has 172 valence electrons. The zero-order chi connectivity index (χ0) is 23.9. The van der Waals surface area contributed by atoms with Gasteiger partial charge in [-0.15, -0.1) is 0 Å². The smallest absolute Gasteiger partial charge is 0.321 e. The van der Waals surface area contributed by atoms with Crippen LogP contribution >= 0.6 is 0 Å². The molecule has 1 heterocycles. The minimum Gasteiger partial charge on any atom is -0.497 e. The van der Waals surface area contributed by atoms with E-state index in [2.05, 4.69) is 15.3 Å². The van der Waals surface area contributed by atoms with Gasteiger partial charge in [-0.2, -0.15) is 0 Å². The second-order valence-electron chi connectivity index (χ2n) is 7.17. The predicted molar refractivity (Wildman–Crippen MR) is 128 cm³/mol. The number of anilines is 1. The van der Waals surface area contributed by atoms with Gasteiger partial charge in [-0.05, 0) is 29.8 Å². The standard InChI is InChI=1S/C26H23N3O5/c1-31-21-5-4-6-22(13-21)34-26-27-15-19(16-28-26)17-7-9-18(10-8-17)25(30)29-20-11-23(32-2)14-24(12-20)33-3/h4-16H,1-3H3,(H,29,30). The van der Waals surface area contributed by atoms with E-state index in [9.17, 15) is 4.79 Å². The van der Waals surface area contributed by atoms with Crippen molar-refractivity contribution in [2.45, 2.75) is 0 Å². The fourth-order valence-corrected chi connectivity index (χ4v) is 3.18. The van der Waals surface area contributed by atoms with Gasteiger partial charge in [0, 0.05) is 53.5 Å². The molecule has 1 aromatic heterocycles. The second-order valence-corrected chi connectivity index (χ2v) is 7.17. The summed E-state index contributed by atoms with van der Waals surface area (Å²) in [6.07, 6.45) is 3.33. The van der Waals surface area contributed by atoms with Gasteiger partial charge >= 0.3 is 6.01 Å². The number of aromatic nitrogens is 2. The molecule has 0 aliphatic carbocycles. The summed E-state index contributed by atoms with van der Waals surface area (Å²) >= 11 is 0. The average molecular weight is 457 g/mol. The van der Waals surface area contributed by atoms with Crippen LogP contribution in [0.25, 0.3) is 11.1 Å². The highest BCUT2D eigenvalue weighted by Crippen LogP contribution is 2.27. The van der Waals surface area contributed by atoms with E-state index in [4.69, 9.17) is 18.9 Å². The van der Waals surface area contributed by atoms with E-state index >= 15 is 0 Å². The number of amides is 1. The number of hydrogen-bond donors (Lipinski definition) is 1. The molecular formula is C26H23N3O5. The molecule has 0 atom stereocenters. The highest BCUT2D eigenvalue weighted by molar-refractivity contribution is 6.04. The van der Waals surface area contributed by atoms with E-state index < -0.39 is 0 Å². The Morgan fingerprint density at radius 2 is 1.29 bits per heavy atom. The summed E-state index contributed by atoms with van der Waals surface area (Å²) in [6, 6.07) is 19.8. The second kappa shape index (κ2) is 10.4. The normalized spacial score (nSPS) is 10.3. The maximum absolute atomic E-state index is 12.7. The lowest BCUT2D eigenvalue weighted by Gasteiger charge is -2.10. The largest absolute Gasteiger partial charge is 0.497 e. The molecule has 0 radical (unpaired) electrons. The number of nitrogens with zero attached hydrogens (tertiary/aromatic N) is 2. The third-order valence-electron chi connectivity index (χ3n) is 4.97. The number of rotatable bonds is 8. The lowest BCUT2D eigenvalue weighted by molar-refractivity contribution is 0.102. The Kier molecular flexibility index (Phi) is 6.88. The van der Waals surface area contributed by atoms with E-state index in [1.54, 1.807) is 76.2 Å². The van der Waals surface area contributed by atoms with Crippen LogP contribution in [0.3, 0.4) is 0 Å². The monoisotopic (exact) mass is 457 g/mol. The summed E-state index contributed by atoms with van der Waals surface area (Å²) in [7, 11) is 4.70. The third kappa shape index (κ3) is 5.42. The van der Waals surface area contributed by atoms with Gasteiger partial charge < -0.3 is 24.3 Å². The highest BCUT2D eigenvalue weighted by Gasteiger charge is 2.10. The van der Waals surface area contributed by atoms with E-state index in [1.165, 1.54) is 0 Å². The lowest BCUT2D eigenvalue weighted by atomic mass is 10.1. The van der Waals surface area contributed by atoms with Crippen molar-refractivity contribution in [3.05, 3.63) is 84.7 Å². The average Bonchev–Trinajstić information content (AvgIpc) is 2.89. The van der Waals surface area contributed by atoms with Gasteiger partial charge in [0.1, 0.15) is 23.0 Å². The number of nitrogens with one attached hydrogen (secondary N) is 1. The van der Waals surface area contributed by atoms with Crippen LogP contribution in [0.2, 0.25) is 0 Å². The van der Waals surface area contributed by atoms with Gasteiger partial charge in [0.2, 0.25) is 0 Å². The van der Waals surface area contributed by atoms with Crippen LogP contribution in [0.4, 0.5) is 5.69 Å². The molecule has 0 aliphatic rings. The number of carbonyl (C=O) groups excluding carboxylic acids is 1. The van der Waals surface area contributed by atoms with Crippen LogP contribution in [-0.2, 0) is 0 Å². The summed E-state index contributed by atoms with van der Waals surface area (Å²) < 4.78 is 21.4. The molecule has 3 aromatic carbocycles. The molecule has 1 amide bonds. The van der Waals surface area contributed by atoms with Gasteiger partial charge in [0.25, 0.3) is 5.91 Å². The minimum atomic E-state index is -0.250. The van der Waals surface area contributed by atoms with Gasteiger partial charge in [0.05, 0.1) is 21.3 Å². The summed E-state index contributed by atoms with van der Waals surface area (Å²) in [5.74, 6) is 2.19. The molecule has 0 saturated carbocycles. The van der Waals surface area contributed by atoms with Gasteiger partial charge in [-0.3, -0.25) is 4.79 Å². The number of methoxy groups -OCH3 is 3. The van der Waals surface area contributed by atoms with E-state index in [-0.39, 0.29) is 11.9 Å². The number of benzene rings is 3. The molecule has 34 heavy (non-hydrogen) atoms. The third-order valence-corrected chi connectivity index (χ3v) is 4.97. The van der Waals surface area contributed by atoms with E-state index in [1.807, 2.05) is 24.3 Å². The van der Waals surface area contributed by atoms with Crippen molar-refractivity contribution < 1.29 is 23.7 Å². The van der Waals surface area contributed by atoms with Crippen molar-refractivity contribution in [1.82, 2.24) is 9.97 Å². The van der Waals surface area contributed by atoms with Crippen molar-refractivity contribution in [3.8, 4) is 40.1 Å². The van der Waals surface area contributed by atoms with Gasteiger partial charge in [-0.25, -0.2) is 9.97 Å². The fourth-order valence-electron chi connectivity index (χ4n) is 3.18. The molecule has 0 spiro atoms. The number of carbonyl (C=O) groups is 1. The van der Waals surface area contributed by atoms with Crippen LogP contribution in [-0.4, -0.2) is 37.2 Å². The SMILES string of the molecule is COc1cc(NC(=O)c2ccc(-c3cnc(Oc4cccc(OC)c4)nc3)cc2)cc(OC)c1. The summed E-state index contributed by atoms with van der Waals surface area (Å²) in [5, 5.41) is 2.86. The molecule has 0 aliphatic heterocycles. The quantitative estimate of drug-likeness (QED) is 0.388. The van der Waals surface area contributed by atoms with Crippen molar-refractivity contribution in [1.29, 1.82) is 0 Å². The van der Waals surface area contributed by atoms with Crippen LogP contribution < -0.4 is 24.3 Å². The molecule has 8 heteroatoms. The Hall–Kier alpha value is -4.59. The zero-order valence-electron chi connectivity index (χ0n) is 18.9. The van der Waals surface area contributed by atoms with E-state index in [0.29, 0.717) is 34.2 Å². The zero-order valence-corrected chi connectivity index (χ0v) is 18.9. The Morgan fingerprint density at radius 3 is 1.91 bits per heavy atom. The molecule has 8 nitrogen and oxygen atoms in total. The van der Waals surface area contributed by atoms with Crippen molar-refractivity contribution in [2.75, 3.05) is 26.6 Å². The Bertz CT molecular complexity index is 1250. The summed E-state index contributed by atoms with van der Waals surface area (Å²) in [6.45, 7) is 0. The first-order chi connectivity index (χ1) is 16.6. The van der Waals surface area contributed by atoms with E-state index in [0.717, 1.165) is 11.1 Å². The van der Waals surface area contributed by atoms with Crippen LogP contribution in [0, 0.1) is 0 Å². The molecule has 0 bridgehead atoms. The molecule has 4 aromatic rings. The van der Waals surface area contributed by atoms with Crippen molar-refractivity contribution >= 4 is 11.6 Å². The highest BCUT2D eigenvalue weighted by atomic mass is 16.5. The first-order valence-electron chi connectivity index (χ1n) is 10.4. The topological polar surface area (TPSA) is 91.8 Å². The van der Waals surface area contributed by atoms with Gasteiger partial charge in [0.15, 0.2) is 0 Å². The Morgan fingerprint density at radius 1 is 0.706 bits per heavy atom. The van der Waals surface area contributed by atoms with Crippen LogP contribution in [0.1, 0.15) is 10.4 Å². The summed E-state index contributed by atoms with van der Waals surface area (Å²) in [5.41, 5.74) is 2.74. The number of ether oxygens (including phenoxy) is 4. The fraction of sp³-hybridized carbons (Fsp3) is 0.115.